The van der Waals surface area contributed by atoms with Gasteiger partial charge in [-0.05, 0) is 24.3 Å². The van der Waals surface area contributed by atoms with Crippen LogP contribution in [0.25, 0.3) is 11.0 Å². The highest BCUT2D eigenvalue weighted by atomic mass is 35.5. The number of hydrogen-bond donors (Lipinski definition) is 1. The fourth-order valence-corrected chi connectivity index (χ4v) is 2.61. The Morgan fingerprint density at radius 2 is 1.90 bits per heavy atom. The third-order valence-electron chi connectivity index (χ3n) is 3.50. The molecule has 0 saturated heterocycles. The molecule has 0 aliphatic carbocycles. The average Bonchev–Trinajstić information content (AvgIpc) is 3.03. The second kappa shape index (κ2) is 4.54. The van der Waals surface area contributed by atoms with E-state index in [2.05, 4.69) is 0 Å². The molecule has 1 N–H and O–H groups in total. The van der Waals surface area contributed by atoms with E-state index in [1.807, 2.05) is 0 Å². The Bertz CT molecular complexity index is 830. The van der Waals surface area contributed by atoms with Crippen LogP contribution in [0, 0.1) is 0 Å². The van der Waals surface area contributed by atoms with E-state index in [-0.39, 0.29) is 5.69 Å². The van der Waals surface area contributed by atoms with Gasteiger partial charge in [-0.2, -0.15) is 0 Å². The van der Waals surface area contributed by atoms with Crippen molar-refractivity contribution in [2.45, 2.75) is 6.10 Å². The molecule has 3 rings (SSSR count). The first kappa shape index (κ1) is 13.0. The summed E-state index contributed by atoms with van der Waals surface area (Å²) in [6.07, 6.45) is 0.528. The molecule has 1 unspecified atom stereocenters. The van der Waals surface area contributed by atoms with Gasteiger partial charge in [-0.1, -0.05) is 11.6 Å². The number of nitrogens with zero attached hydrogens (tertiary/aromatic N) is 2. The fraction of sp³-hybridized carbons (Fsp3) is 0.214. The molecule has 0 radical (unpaired) electrons. The molecule has 2 aromatic heterocycles. The van der Waals surface area contributed by atoms with E-state index in [4.69, 9.17) is 16.0 Å². The fourth-order valence-electron chi connectivity index (χ4n) is 2.35. The first-order chi connectivity index (χ1) is 9.50. The Morgan fingerprint density at radius 3 is 2.50 bits per heavy atom. The van der Waals surface area contributed by atoms with Crippen LogP contribution in [0.5, 0.6) is 0 Å². The van der Waals surface area contributed by atoms with E-state index < -0.39 is 6.10 Å². The second-order valence-corrected chi connectivity index (χ2v) is 5.09. The van der Waals surface area contributed by atoms with E-state index in [1.165, 1.54) is 15.4 Å². The molecule has 0 spiro atoms. The van der Waals surface area contributed by atoms with Crippen molar-refractivity contribution in [3.8, 4) is 0 Å². The molecule has 20 heavy (non-hydrogen) atoms. The predicted octanol–water partition coefficient (Wildman–Crippen LogP) is 2.21. The molecule has 3 aromatic rings. The van der Waals surface area contributed by atoms with Crippen LogP contribution in [0.3, 0.4) is 0 Å². The van der Waals surface area contributed by atoms with Gasteiger partial charge < -0.3 is 9.52 Å². The Kier molecular flexibility index (Phi) is 2.96. The summed E-state index contributed by atoms with van der Waals surface area (Å²) in [5, 5.41) is 10.7. The summed E-state index contributed by atoms with van der Waals surface area (Å²) >= 11 is 6.22. The maximum atomic E-state index is 11.9. The summed E-state index contributed by atoms with van der Waals surface area (Å²) in [6.45, 7) is 0. The van der Waals surface area contributed by atoms with E-state index in [1.54, 1.807) is 38.4 Å². The van der Waals surface area contributed by atoms with Crippen LogP contribution < -0.4 is 5.69 Å². The van der Waals surface area contributed by atoms with Crippen molar-refractivity contribution in [2.24, 2.45) is 14.1 Å². The zero-order chi connectivity index (χ0) is 14.4. The summed E-state index contributed by atoms with van der Waals surface area (Å²) in [7, 11) is 3.37. The van der Waals surface area contributed by atoms with Crippen molar-refractivity contribution < 1.29 is 9.52 Å². The quantitative estimate of drug-likeness (QED) is 0.788. The number of halogens is 1. The van der Waals surface area contributed by atoms with E-state index in [0.29, 0.717) is 21.9 Å². The summed E-state index contributed by atoms with van der Waals surface area (Å²) in [5.41, 5.74) is 1.80. The molecule has 0 aliphatic heterocycles. The summed E-state index contributed by atoms with van der Waals surface area (Å²) in [5.74, 6) is 0.409. The van der Waals surface area contributed by atoms with Crippen LogP contribution in [0.15, 0.2) is 39.7 Å². The monoisotopic (exact) mass is 292 g/mol. The van der Waals surface area contributed by atoms with Crippen molar-refractivity contribution in [3.05, 3.63) is 57.4 Å². The van der Waals surface area contributed by atoms with Gasteiger partial charge in [0.1, 0.15) is 11.9 Å². The maximum absolute atomic E-state index is 11.9. The highest BCUT2D eigenvalue weighted by Gasteiger charge is 2.19. The lowest BCUT2D eigenvalue weighted by Crippen LogP contribution is -2.19. The molecular weight excluding hydrogens is 280 g/mol. The number of rotatable bonds is 2. The topological polar surface area (TPSA) is 60.3 Å². The molecule has 0 aliphatic rings. The highest BCUT2D eigenvalue weighted by Crippen LogP contribution is 2.31. The van der Waals surface area contributed by atoms with E-state index in [9.17, 15) is 9.90 Å². The van der Waals surface area contributed by atoms with Crippen LogP contribution in [0.1, 0.15) is 17.4 Å². The standard InChI is InChI=1S/C14H13ClN2O3/c1-16-10-6-8(13(18)12-4-3-5-20-12)9(15)7-11(10)17(2)14(16)19/h3-7,13,18H,1-2H3. The summed E-state index contributed by atoms with van der Waals surface area (Å²) in [6, 6.07) is 6.77. The van der Waals surface area contributed by atoms with Gasteiger partial charge in [0.25, 0.3) is 0 Å². The number of aliphatic hydroxyl groups is 1. The third-order valence-corrected chi connectivity index (χ3v) is 3.83. The van der Waals surface area contributed by atoms with Crippen LogP contribution in [-0.4, -0.2) is 14.2 Å². The normalized spacial score (nSPS) is 13.0. The Hall–Kier alpha value is -1.98. The predicted molar refractivity (Wildman–Crippen MR) is 75.9 cm³/mol. The Labute approximate surface area is 119 Å². The number of aliphatic hydroxyl groups excluding tert-OH is 1. The average molecular weight is 293 g/mol. The lowest BCUT2D eigenvalue weighted by Gasteiger charge is -2.11. The number of aryl methyl sites for hydroxylation is 2. The molecule has 0 saturated carbocycles. The molecular formula is C14H13ClN2O3. The number of imidazole rings is 1. The Balaban J connectivity index is 2.25. The molecule has 104 valence electrons. The van der Waals surface area contributed by atoms with Crippen molar-refractivity contribution in [3.63, 3.8) is 0 Å². The van der Waals surface area contributed by atoms with Crippen LogP contribution in [-0.2, 0) is 14.1 Å². The van der Waals surface area contributed by atoms with Gasteiger partial charge in [0, 0.05) is 24.7 Å². The number of fused-ring (bicyclic) bond motifs is 1. The lowest BCUT2D eigenvalue weighted by molar-refractivity contribution is 0.189. The number of aromatic nitrogens is 2. The van der Waals surface area contributed by atoms with Crippen LogP contribution >= 0.6 is 11.6 Å². The van der Waals surface area contributed by atoms with Crippen LogP contribution in [0.2, 0.25) is 5.02 Å². The molecule has 0 fully saturated rings. The Morgan fingerprint density at radius 1 is 1.25 bits per heavy atom. The smallest absolute Gasteiger partial charge is 0.328 e. The van der Waals surface area contributed by atoms with Gasteiger partial charge in [0.05, 0.1) is 17.3 Å². The molecule has 1 aromatic carbocycles. The van der Waals surface area contributed by atoms with E-state index >= 15 is 0 Å². The van der Waals surface area contributed by atoms with Crippen molar-refractivity contribution in [1.29, 1.82) is 0 Å². The SMILES string of the molecule is Cn1c(=O)n(C)c2cc(C(O)c3ccco3)c(Cl)cc21. The minimum atomic E-state index is -0.961. The van der Waals surface area contributed by atoms with Crippen molar-refractivity contribution in [2.75, 3.05) is 0 Å². The first-order valence-corrected chi connectivity index (χ1v) is 6.45. The van der Waals surface area contributed by atoms with Crippen molar-refractivity contribution in [1.82, 2.24) is 9.13 Å². The molecule has 5 nitrogen and oxygen atoms in total. The first-order valence-electron chi connectivity index (χ1n) is 6.07. The summed E-state index contributed by atoms with van der Waals surface area (Å²) < 4.78 is 8.23. The van der Waals surface area contributed by atoms with Gasteiger partial charge >= 0.3 is 5.69 Å². The largest absolute Gasteiger partial charge is 0.466 e. The lowest BCUT2D eigenvalue weighted by atomic mass is 10.1. The van der Waals surface area contributed by atoms with Crippen LogP contribution in [0.4, 0.5) is 0 Å². The van der Waals surface area contributed by atoms with Gasteiger partial charge in [0.2, 0.25) is 0 Å². The van der Waals surface area contributed by atoms with Crippen molar-refractivity contribution >= 4 is 22.6 Å². The van der Waals surface area contributed by atoms with Gasteiger partial charge in [-0.25, -0.2) is 4.79 Å². The molecule has 6 heteroatoms. The molecule has 0 bridgehead atoms. The van der Waals surface area contributed by atoms with Gasteiger partial charge in [0.15, 0.2) is 0 Å². The zero-order valence-electron chi connectivity index (χ0n) is 11.0. The minimum Gasteiger partial charge on any atom is -0.466 e. The number of benzene rings is 1. The third kappa shape index (κ3) is 1.78. The molecule has 2 heterocycles. The maximum Gasteiger partial charge on any atom is 0.328 e. The number of hydrogen-bond acceptors (Lipinski definition) is 3. The second-order valence-electron chi connectivity index (χ2n) is 4.68. The molecule has 1 atom stereocenters. The highest BCUT2D eigenvalue weighted by molar-refractivity contribution is 6.32. The minimum absolute atomic E-state index is 0.138. The van der Waals surface area contributed by atoms with Gasteiger partial charge in [-0.15, -0.1) is 0 Å². The van der Waals surface area contributed by atoms with E-state index in [0.717, 1.165) is 5.52 Å². The molecule has 0 amide bonds. The number of furan rings is 1. The van der Waals surface area contributed by atoms with Gasteiger partial charge in [-0.3, -0.25) is 9.13 Å². The zero-order valence-corrected chi connectivity index (χ0v) is 11.8. The summed E-state index contributed by atoms with van der Waals surface area (Å²) in [4.78, 5) is 11.9.